The summed E-state index contributed by atoms with van der Waals surface area (Å²) in [5.41, 5.74) is 2.05. The zero-order valence-electron chi connectivity index (χ0n) is 13.9. The van der Waals surface area contributed by atoms with Gasteiger partial charge in [-0.2, -0.15) is 0 Å². The minimum atomic E-state index is -0.214. The highest BCUT2D eigenvalue weighted by Gasteiger charge is 2.32. The molecule has 1 aliphatic rings. The van der Waals surface area contributed by atoms with Crippen molar-refractivity contribution in [1.29, 1.82) is 0 Å². The molecule has 0 radical (unpaired) electrons. The lowest BCUT2D eigenvalue weighted by atomic mass is 10.1. The number of halogens is 1. The number of hydrogen-bond donors (Lipinski definition) is 0. The topological polar surface area (TPSA) is 53.5 Å². The molecule has 0 saturated carbocycles. The number of fused-ring (bicyclic) bond motifs is 1. The highest BCUT2D eigenvalue weighted by Crippen LogP contribution is 2.26. The van der Waals surface area contributed by atoms with Crippen molar-refractivity contribution in [2.24, 2.45) is 0 Å². The van der Waals surface area contributed by atoms with Crippen molar-refractivity contribution in [3.8, 4) is 0 Å². The molecular formula is C20H16ClN3O2. The van der Waals surface area contributed by atoms with E-state index in [0.717, 1.165) is 10.9 Å². The zero-order chi connectivity index (χ0) is 18.1. The summed E-state index contributed by atoms with van der Waals surface area (Å²) in [6.45, 7) is 0.829. The van der Waals surface area contributed by atoms with Crippen LogP contribution in [0.25, 0.3) is 10.9 Å². The molecule has 1 fully saturated rings. The van der Waals surface area contributed by atoms with Gasteiger partial charge < -0.3 is 9.80 Å². The quantitative estimate of drug-likeness (QED) is 0.715. The molecule has 5 nitrogen and oxygen atoms in total. The average Bonchev–Trinajstić information content (AvgIpc) is 3.03. The van der Waals surface area contributed by atoms with Crippen LogP contribution in [0.3, 0.4) is 0 Å². The van der Waals surface area contributed by atoms with Crippen molar-refractivity contribution in [1.82, 2.24) is 14.8 Å². The molecule has 2 heterocycles. The molecule has 0 aliphatic carbocycles. The maximum Gasteiger partial charge on any atom is 0.257 e. The summed E-state index contributed by atoms with van der Waals surface area (Å²) in [5.74, 6) is -0.275. The Labute approximate surface area is 155 Å². The van der Waals surface area contributed by atoms with Gasteiger partial charge in [-0.05, 0) is 29.8 Å². The standard InChI is InChI=1S/C20H16ClN3O2/c21-17-9-8-16(19-15(17)7-4-10-22-19)20(26)24-12-18(25)23(13-24)11-14-5-2-1-3-6-14/h1-10H,11-13H2. The Hall–Kier alpha value is -2.92. The Balaban J connectivity index is 1.58. The first-order valence-electron chi connectivity index (χ1n) is 8.27. The predicted octanol–water partition coefficient (Wildman–Crippen LogP) is 3.33. The smallest absolute Gasteiger partial charge is 0.257 e. The SMILES string of the molecule is O=C1CN(C(=O)c2ccc(Cl)c3cccnc23)CN1Cc1ccccc1. The summed E-state index contributed by atoms with van der Waals surface area (Å²) >= 11 is 6.20. The lowest BCUT2D eigenvalue weighted by Crippen LogP contribution is -2.31. The van der Waals surface area contributed by atoms with Gasteiger partial charge in [0, 0.05) is 18.1 Å². The van der Waals surface area contributed by atoms with Gasteiger partial charge in [0.15, 0.2) is 0 Å². The minimum absolute atomic E-state index is 0.0616. The van der Waals surface area contributed by atoms with Gasteiger partial charge in [-0.15, -0.1) is 0 Å². The van der Waals surface area contributed by atoms with Crippen molar-refractivity contribution >= 4 is 34.3 Å². The Kier molecular flexibility index (Phi) is 4.31. The van der Waals surface area contributed by atoms with E-state index in [0.29, 0.717) is 22.6 Å². The van der Waals surface area contributed by atoms with Gasteiger partial charge in [0.05, 0.1) is 22.8 Å². The number of pyridine rings is 1. The van der Waals surface area contributed by atoms with E-state index in [1.54, 1.807) is 34.2 Å². The third-order valence-electron chi connectivity index (χ3n) is 4.47. The molecule has 2 amide bonds. The van der Waals surface area contributed by atoms with Crippen LogP contribution in [0, 0.1) is 0 Å². The number of rotatable bonds is 3. The van der Waals surface area contributed by atoms with Gasteiger partial charge >= 0.3 is 0 Å². The van der Waals surface area contributed by atoms with Crippen LogP contribution in [-0.4, -0.2) is 39.8 Å². The van der Waals surface area contributed by atoms with Crippen LogP contribution in [0.15, 0.2) is 60.8 Å². The van der Waals surface area contributed by atoms with Crippen molar-refractivity contribution in [3.05, 3.63) is 76.9 Å². The van der Waals surface area contributed by atoms with Gasteiger partial charge in [-0.25, -0.2) is 0 Å². The molecule has 0 atom stereocenters. The molecule has 1 aromatic heterocycles. The van der Waals surface area contributed by atoms with Crippen LogP contribution in [0.4, 0.5) is 0 Å². The second-order valence-corrected chi connectivity index (χ2v) is 6.62. The Bertz CT molecular complexity index is 991. The molecule has 2 aromatic carbocycles. The minimum Gasteiger partial charge on any atom is -0.319 e. The van der Waals surface area contributed by atoms with Gasteiger partial charge in [0.2, 0.25) is 5.91 Å². The molecule has 3 aromatic rings. The molecule has 0 N–H and O–H groups in total. The van der Waals surface area contributed by atoms with Crippen LogP contribution >= 0.6 is 11.6 Å². The van der Waals surface area contributed by atoms with Crippen LogP contribution < -0.4 is 0 Å². The highest BCUT2D eigenvalue weighted by molar-refractivity contribution is 6.36. The van der Waals surface area contributed by atoms with E-state index >= 15 is 0 Å². The van der Waals surface area contributed by atoms with E-state index in [1.165, 1.54) is 0 Å². The summed E-state index contributed by atoms with van der Waals surface area (Å²) in [6.07, 6.45) is 1.63. The van der Waals surface area contributed by atoms with Gasteiger partial charge in [0.1, 0.15) is 6.54 Å². The van der Waals surface area contributed by atoms with Crippen molar-refractivity contribution in [2.45, 2.75) is 6.54 Å². The second-order valence-electron chi connectivity index (χ2n) is 6.22. The number of carbonyl (C=O) groups is 2. The molecule has 0 spiro atoms. The first kappa shape index (κ1) is 16.5. The third kappa shape index (κ3) is 3.02. The Morgan fingerprint density at radius 2 is 1.88 bits per heavy atom. The average molecular weight is 366 g/mol. The van der Waals surface area contributed by atoms with Crippen LogP contribution in [-0.2, 0) is 11.3 Å². The number of aromatic nitrogens is 1. The fraction of sp³-hybridized carbons (Fsp3) is 0.150. The summed E-state index contributed by atoms with van der Waals surface area (Å²) in [5, 5.41) is 1.28. The molecule has 6 heteroatoms. The molecule has 130 valence electrons. The van der Waals surface area contributed by atoms with E-state index in [2.05, 4.69) is 4.98 Å². The lowest BCUT2D eigenvalue weighted by Gasteiger charge is -2.19. The van der Waals surface area contributed by atoms with Gasteiger partial charge in [-0.1, -0.05) is 41.9 Å². The lowest BCUT2D eigenvalue weighted by molar-refractivity contribution is -0.127. The van der Waals surface area contributed by atoms with Crippen molar-refractivity contribution in [3.63, 3.8) is 0 Å². The van der Waals surface area contributed by atoms with Crippen molar-refractivity contribution in [2.75, 3.05) is 13.2 Å². The number of amides is 2. The largest absolute Gasteiger partial charge is 0.319 e. The van der Waals surface area contributed by atoms with Crippen molar-refractivity contribution < 1.29 is 9.59 Å². The molecule has 4 rings (SSSR count). The molecule has 0 bridgehead atoms. The first-order valence-corrected chi connectivity index (χ1v) is 8.65. The summed E-state index contributed by atoms with van der Waals surface area (Å²) in [6, 6.07) is 16.7. The van der Waals surface area contributed by atoms with Gasteiger partial charge in [0.25, 0.3) is 5.91 Å². The van der Waals surface area contributed by atoms with Gasteiger partial charge in [-0.3, -0.25) is 14.6 Å². The molecule has 1 saturated heterocycles. The Morgan fingerprint density at radius 1 is 1.08 bits per heavy atom. The summed E-state index contributed by atoms with van der Waals surface area (Å²) < 4.78 is 0. The fourth-order valence-corrected chi connectivity index (χ4v) is 3.37. The van der Waals surface area contributed by atoms with Crippen LogP contribution in [0.5, 0.6) is 0 Å². The Morgan fingerprint density at radius 3 is 2.69 bits per heavy atom. The first-order chi connectivity index (χ1) is 12.6. The monoisotopic (exact) mass is 365 g/mol. The number of carbonyl (C=O) groups excluding carboxylic acids is 2. The highest BCUT2D eigenvalue weighted by atomic mass is 35.5. The molecular weight excluding hydrogens is 350 g/mol. The maximum atomic E-state index is 13.0. The fourth-order valence-electron chi connectivity index (χ4n) is 3.16. The molecule has 0 unspecified atom stereocenters. The second kappa shape index (κ2) is 6.77. The zero-order valence-corrected chi connectivity index (χ0v) is 14.7. The number of benzene rings is 2. The maximum absolute atomic E-state index is 13.0. The van der Waals surface area contributed by atoms with E-state index < -0.39 is 0 Å². The predicted molar refractivity (Wildman–Crippen MR) is 99.6 cm³/mol. The number of nitrogens with zero attached hydrogens (tertiary/aromatic N) is 3. The van der Waals surface area contributed by atoms with E-state index in [9.17, 15) is 9.59 Å². The summed E-state index contributed by atoms with van der Waals surface area (Å²) in [7, 11) is 0. The van der Waals surface area contributed by atoms with E-state index in [-0.39, 0.29) is 25.0 Å². The molecule has 1 aliphatic heterocycles. The molecule has 26 heavy (non-hydrogen) atoms. The normalized spacial score (nSPS) is 14.3. The van der Waals surface area contributed by atoms with Crippen LogP contribution in [0.1, 0.15) is 15.9 Å². The van der Waals surface area contributed by atoms with E-state index in [1.807, 2.05) is 36.4 Å². The van der Waals surface area contributed by atoms with Crippen LogP contribution in [0.2, 0.25) is 5.02 Å². The van der Waals surface area contributed by atoms with E-state index in [4.69, 9.17) is 11.6 Å². The number of hydrogen-bond acceptors (Lipinski definition) is 3. The summed E-state index contributed by atoms with van der Waals surface area (Å²) in [4.78, 5) is 32.9. The third-order valence-corrected chi connectivity index (χ3v) is 4.80.